The minimum absolute atomic E-state index is 0.505. The van der Waals surface area contributed by atoms with Crippen LogP contribution in [0.5, 0.6) is 0 Å². The summed E-state index contributed by atoms with van der Waals surface area (Å²) in [6.07, 6.45) is 3.56. The fourth-order valence-corrected chi connectivity index (χ4v) is 2.11. The van der Waals surface area contributed by atoms with E-state index in [0.717, 1.165) is 30.8 Å². The van der Waals surface area contributed by atoms with E-state index in [4.69, 9.17) is 0 Å². The van der Waals surface area contributed by atoms with Gasteiger partial charge in [-0.25, -0.2) is 4.98 Å². The summed E-state index contributed by atoms with van der Waals surface area (Å²) in [6.45, 7) is 5.07. The summed E-state index contributed by atoms with van der Waals surface area (Å²) >= 11 is 0. The van der Waals surface area contributed by atoms with Crippen molar-refractivity contribution in [2.24, 2.45) is 0 Å². The predicted molar refractivity (Wildman–Crippen MR) is 74.8 cm³/mol. The lowest BCUT2D eigenvalue weighted by Crippen LogP contribution is -2.10. The van der Waals surface area contributed by atoms with Crippen LogP contribution in [0.2, 0.25) is 0 Å². The molecule has 0 radical (unpaired) electrons. The molecule has 1 atom stereocenters. The zero-order valence-electron chi connectivity index (χ0n) is 11.6. The minimum atomic E-state index is -0.522. The molecule has 1 aromatic carbocycles. The molecule has 0 saturated carbocycles. The van der Waals surface area contributed by atoms with E-state index in [1.54, 1.807) is 6.33 Å². The fourth-order valence-electron chi connectivity index (χ4n) is 2.11. The number of rotatable bonds is 6. The first-order valence-corrected chi connectivity index (χ1v) is 6.88. The van der Waals surface area contributed by atoms with Crippen molar-refractivity contribution >= 4 is 0 Å². The monoisotopic (exact) mass is 259 g/mol. The Morgan fingerprint density at radius 2 is 1.95 bits per heavy atom. The molecule has 0 amide bonds. The molecule has 102 valence electrons. The quantitative estimate of drug-likeness (QED) is 0.867. The van der Waals surface area contributed by atoms with Gasteiger partial charge in [0.05, 0.1) is 6.10 Å². The highest BCUT2D eigenvalue weighted by molar-refractivity contribution is 5.24. The zero-order valence-corrected chi connectivity index (χ0v) is 11.6. The van der Waals surface area contributed by atoms with Crippen LogP contribution in [0.4, 0.5) is 0 Å². The van der Waals surface area contributed by atoms with Crippen molar-refractivity contribution in [1.82, 2.24) is 14.8 Å². The number of hydrogen-bond donors (Lipinski definition) is 1. The van der Waals surface area contributed by atoms with Crippen LogP contribution in [0.1, 0.15) is 43.3 Å². The molecule has 0 aliphatic heterocycles. The van der Waals surface area contributed by atoms with Gasteiger partial charge in [-0.1, -0.05) is 38.1 Å². The van der Waals surface area contributed by atoms with Crippen LogP contribution >= 0.6 is 0 Å². The van der Waals surface area contributed by atoms with Gasteiger partial charge in [0.1, 0.15) is 12.2 Å². The van der Waals surface area contributed by atoms with E-state index < -0.39 is 6.10 Å². The topological polar surface area (TPSA) is 50.9 Å². The fraction of sp³-hybridized carbons (Fsp3) is 0.467. The van der Waals surface area contributed by atoms with E-state index in [9.17, 15) is 5.11 Å². The summed E-state index contributed by atoms with van der Waals surface area (Å²) in [7, 11) is 0. The van der Waals surface area contributed by atoms with E-state index in [1.807, 2.05) is 16.8 Å². The van der Waals surface area contributed by atoms with Gasteiger partial charge >= 0.3 is 0 Å². The lowest BCUT2D eigenvalue weighted by atomic mass is 10.0. The third-order valence-electron chi connectivity index (χ3n) is 3.28. The van der Waals surface area contributed by atoms with Crippen molar-refractivity contribution in [2.45, 2.75) is 45.8 Å². The van der Waals surface area contributed by atoms with Crippen molar-refractivity contribution < 1.29 is 5.11 Å². The Morgan fingerprint density at radius 3 is 2.58 bits per heavy atom. The Morgan fingerprint density at radius 1 is 1.21 bits per heavy atom. The summed E-state index contributed by atoms with van der Waals surface area (Å²) in [6, 6.07) is 8.11. The summed E-state index contributed by atoms with van der Waals surface area (Å²) in [5, 5.41) is 14.4. The van der Waals surface area contributed by atoms with Crippen LogP contribution in [0.3, 0.4) is 0 Å². The molecule has 0 saturated heterocycles. The summed E-state index contributed by atoms with van der Waals surface area (Å²) in [4.78, 5) is 4.23. The molecule has 0 aliphatic carbocycles. The standard InChI is InChI=1S/C15H21N3O/c1-3-9-18-15(16-11-17-18)10-14(19)13-7-5-12(4-2)6-8-13/h5-8,11,14,19H,3-4,9-10H2,1-2H3. The number of aromatic nitrogens is 3. The first-order chi connectivity index (χ1) is 9.24. The van der Waals surface area contributed by atoms with Crippen molar-refractivity contribution in [3.8, 4) is 0 Å². The Hall–Kier alpha value is -1.68. The second-order valence-electron chi connectivity index (χ2n) is 4.71. The molecule has 0 spiro atoms. The zero-order chi connectivity index (χ0) is 13.7. The van der Waals surface area contributed by atoms with Gasteiger partial charge in [0.2, 0.25) is 0 Å². The molecule has 1 unspecified atom stereocenters. The van der Waals surface area contributed by atoms with Crippen LogP contribution < -0.4 is 0 Å². The maximum atomic E-state index is 10.3. The van der Waals surface area contributed by atoms with Gasteiger partial charge in [0, 0.05) is 13.0 Å². The van der Waals surface area contributed by atoms with Crippen molar-refractivity contribution in [2.75, 3.05) is 0 Å². The number of aliphatic hydroxyl groups is 1. The van der Waals surface area contributed by atoms with E-state index >= 15 is 0 Å². The highest BCUT2D eigenvalue weighted by Gasteiger charge is 2.12. The highest BCUT2D eigenvalue weighted by Crippen LogP contribution is 2.18. The second kappa shape index (κ2) is 6.48. The van der Waals surface area contributed by atoms with Crippen molar-refractivity contribution in [3.05, 3.63) is 47.5 Å². The maximum absolute atomic E-state index is 10.3. The average Bonchev–Trinajstić information content (AvgIpc) is 2.86. The average molecular weight is 259 g/mol. The minimum Gasteiger partial charge on any atom is -0.388 e. The largest absolute Gasteiger partial charge is 0.388 e. The number of hydrogen-bond acceptors (Lipinski definition) is 3. The maximum Gasteiger partial charge on any atom is 0.138 e. The van der Waals surface area contributed by atoms with Crippen molar-refractivity contribution in [3.63, 3.8) is 0 Å². The number of aliphatic hydroxyl groups excluding tert-OH is 1. The van der Waals surface area contributed by atoms with Gasteiger partial charge in [-0.15, -0.1) is 0 Å². The molecule has 0 fully saturated rings. The second-order valence-corrected chi connectivity index (χ2v) is 4.71. The SMILES string of the molecule is CCCn1ncnc1CC(O)c1ccc(CC)cc1. The Kier molecular flexibility index (Phi) is 4.68. The summed E-state index contributed by atoms with van der Waals surface area (Å²) < 4.78 is 1.86. The third kappa shape index (κ3) is 3.41. The van der Waals surface area contributed by atoms with E-state index in [0.29, 0.717) is 6.42 Å². The van der Waals surface area contributed by atoms with Crippen LogP contribution in [0, 0.1) is 0 Å². The molecule has 0 aliphatic rings. The van der Waals surface area contributed by atoms with Gasteiger partial charge in [-0.3, -0.25) is 4.68 Å². The summed E-state index contributed by atoms with van der Waals surface area (Å²) in [5.74, 6) is 0.842. The molecule has 1 aromatic heterocycles. The van der Waals surface area contributed by atoms with Gasteiger partial charge in [0.25, 0.3) is 0 Å². The van der Waals surface area contributed by atoms with Crippen LogP contribution in [0.15, 0.2) is 30.6 Å². The Balaban J connectivity index is 2.06. The van der Waals surface area contributed by atoms with E-state index in [2.05, 4.69) is 36.1 Å². The van der Waals surface area contributed by atoms with Crippen LogP contribution in [-0.4, -0.2) is 19.9 Å². The molecule has 1 heterocycles. The molecule has 19 heavy (non-hydrogen) atoms. The lowest BCUT2D eigenvalue weighted by molar-refractivity contribution is 0.174. The van der Waals surface area contributed by atoms with Crippen LogP contribution in [0.25, 0.3) is 0 Å². The smallest absolute Gasteiger partial charge is 0.138 e. The van der Waals surface area contributed by atoms with Gasteiger partial charge in [-0.2, -0.15) is 5.10 Å². The first-order valence-electron chi connectivity index (χ1n) is 6.88. The summed E-state index contributed by atoms with van der Waals surface area (Å²) in [5.41, 5.74) is 2.22. The van der Waals surface area contributed by atoms with Gasteiger partial charge < -0.3 is 5.11 Å². The highest BCUT2D eigenvalue weighted by atomic mass is 16.3. The van der Waals surface area contributed by atoms with Crippen molar-refractivity contribution in [1.29, 1.82) is 0 Å². The number of benzene rings is 1. The van der Waals surface area contributed by atoms with Gasteiger partial charge in [-0.05, 0) is 24.0 Å². The van der Waals surface area contributed by atoms with Crippen LogP contribution in [-0.2, 0) is 19.4 Å². The molecular weight excluding hydrogens is 238 g/mol. The third-order valence-corrected chi connectivity index (χ3v) is 3.28. The normalized spacial score (nSPS) is 12.6. The van der Waals surface area contributed by atoms with E-state index in [-0.39, 0.29) is 0 Å². The predicted octanol–water partition coefficient (Wildman–Crippen LogP) is 2.53. The van der Waals surface area contributed by atoms with Gasteiger partial charge in [0.15, 0.2) is 0 Å². The Bertz CT molecular complexity index is 504. The number of aryl methyl sites for hydroxylation is 2. The molecule has 0 bridgehead atoms. The van der Waals surface area contributed by atoms with E-state index in [1.165, 1.54) is 5.56 Å². The Labute approximate surface area is 114 Å². The molecule has 2 rings (SSSR count). The molecule has 1 N–H and O–H groups in total. The molecule has 4 heteroatoms. The first kappa shape index (κ1) is 13.7. The molecular formula is C15H21N3O. The molecule has 2 aromatic rings. The molecule has 4 nitrogen and oxygen atoms in total. The lowest BCUT2D eigenvalue weighted by Gasteiger charge is -2.12. The number of nitrogens with zero attached hydrogens (tertiary/aromatic N) is 3.